The maximum absolute atomic E-state index is 10.1. The Hall–Kier alpha value is -1.48. The van der Waals surface area contributed by atoms with Gasteiger partial charge < -0.3 is 15.8 Å². The average molecular weight is 204 g/mol. The van der Waals surface area contributed by atoms with Crippen LogP contribution in [0.2, 0.25) is 0 Å². The Labute approximate surface area is 88.9 Å². The summed E-state index contributed by atoms with van der Waals surface area (Å²) in [6.45, 7) is 4.57. The van der Waals surface area contributed by atoms with Crippen LogP contribution in [0.5, 0.6) is 5.75 Å². The summed E-state index contributed by atoms with van der Waals surface area (Å²) >= 11 is 0. The van der Waals surface area contributed by atoms with E-state index in [9.17, 15) is 5.11 Å². The molecule has 15 heavy (non-hydrogen) atoms. The van der Waals surface area contributed by atoms with Crippen LogP contribution in [0.15, 0.2) is 18.3 Å². The van der Waals surface area contributed by atoms with Crippen molar-refractivity contribution in [3.05, 3.63) is 29.5 Å². The van der Waals surface area contributed by atoms with Crippen LogP contribution >= 0.6 is 0 Å². The van der Waals surface area contributed by atoms with Gasteiger partial charge >= 0.3 is 0 Å². The first-order chi connectivity index (χ1) is 7.15. The third-order valence-corrected chi connectivity index (χ3v) is 2.77. The van der Waals surface area contributed by atoms with E-state index < -0.39 is 0 Å². The molecule has 0 saturated heterocycles. The predicted molar refractivity (Wildman–Crippen MR) is 61.9 cm³/mol. The van der Waals surface area contributed by atoms with E-state index in [4.69, 9.17) is 5.73 Å². The van der Waals surface area contributed by atoms with Gasteiger partial charge in [-0.25, -0.2) is 0 Å². The molecule has 0 unspecified atom stereocenters. The molecule has 0 atom stereocenters. The molecule has 0 amide bonds. The van der Waals surface area contributed by atoms with Gasteiger partial charge in [0.2, 0.25) is 0 Å². The van der Waals surface area contributed by atoms with Gasteiger partial charge in [-0.3, -0.25) is 0 Å². The van der Waals surface area contributed by atoms with E-state index in [1.54, 1.807) is 0 Å². The molecular formula is C12H16N2O. The summed E-state index contributed by atoms with van der Waals surface area (Å²) in [5, 5.41) is 11.0. The largest absolute Gasteiger partial charge is 0.507 e. The number of hydrogen-bond donors (Lipinski definition) is 3. The molecule has 2 rings (SSSR count). The number of phenolic OH excluding ortho intramolecular Hbond substituents is 1. The molecular weight excluding hydrogens is 188 g/mol. The number of hydrogen-bond acceptors (Lipinski definition) is 2. The molecule has 0 aliphatic heterocycles. The monoisotopic (exact) mass is 204 g/mol. The summed E-state index contributed by atoms with van der Waals surface area (Å²) in [5.41, 5.74) is 8.50. The number of fused-ring (bicyclic) bond motifs is 1. The molecule has 1 aromatic heterocycles. The molecule has 0 radical (unpaired) electrons. The second kappa shape index (κ2) is 3.59. The fourth-order valence-corrected chi connectivity index (χ4v) is 1.92. The number of nitrogens with two attached hydrogens (primary N) is 1. The standard InChI is InChI=1S/C12H16N2O/c1-7(2)9-3-4-10-11(12(9)15)8(5-13)6-14-10/h3-4,6-7,14-15H,5,13H2,1-2H3. The lowest BCUT2D eigenvalue weighted by Gasteiger charge is -2.09. The summed E-state index contributed by atoms with van der Waals surface area (Å²) in [6.07, 6.45) is 1.86. The lowest BCUT2D eigenvalue weighted by atomic mass is 9.99. The van der Waals surface area contributed by atoms with Crippen LogP contribution in [-0.4, -0.2) is 10.1 Å². The van der Waals surface area contributed by atoms with Crippen molar-refractivity contribution in [1.29, 1.82) is 0 Å². The summed E-state index contributed by atoms with van der Waals surface area (Å²) in [5.74, 6) is 0.680. The molecule has 4 N–H and O–H groups in total. The smallest absolute Gasteiger partial charge is 0.128 e. The van der Waals surface area contributed by atoms with Gasteiger partial charge in [0.1, 0.15) is 5.75 Å². The van der Waals surface area contributed by atoms with Crippen molar-refractivity contribution in [2.45, 2.75) is 26.3 Å². The highest BCUT2D eigenvalue weighted by Gasteiger charge is 2.13. The topological polar surface area (TPSA) is 62.0 Å². The third-order valence-electron chi connectivity index (χ3n) is 2.77. The Balaban J connectivity index is 2.75. The maximum atomic E-state index is 10.1. The first kappa shape index (κ1) is 10.1. The van der Waals surface area contributed by atoms with Crippen LogP contribution < -0.4 is 5.73 Å². The molecule has 1 heterocycles. The number of aromatic hydroxyl groups is 1. The molecule has 0 aliphatic rings. The minimum atomic E-state index is 0.315. The molecule has 0 bridgehead atoms. The summed E-state index contributed by atoms with van der Waals surface area (Å²) in [6, 6.07) is 3.95. The van der Waals surface area contributed by atoms with E-state index >= 15 is 0 Å². The van der Waals surface area contributed by atoms with Gasteiger partial charge in [0.15, 0.2) is 0 Å². The molecule has 0 fully saturated rings. The van der Waals surface area contributed by atoms with Gasteiger partial charge in [0.25, 0.3) is 0 Å². The lowest BCUT2D eigenvalue weighted by Crippen LogP contribution is -1.95. The van der Waals surface area contributed by atoms with E-state index in [-0.39, 0.29) is 0 Å². The predicted octanol–water partition coefficient (Wildman–Crippen LogP) is 2.46. The number of aromatic nitrogens is 1. The van der Waals surface area contributed by atoms with E-state index in [0.29, 0.717) is 18.2 Å². The highest BCUT2D eigenvalue weighted by molar-refractivity contribution is 5.90. The molecule has 2 aromatic rings. The number of nitrogens with one attached hydrogen (secondary N) is 1. The number of H-pyrrole nitrogens is 1. The van der Waals surface area contributed by atoms with Gasteiger partial charge in [-0.15, -0.1) is 0 Å². The van der Waals surface area contributed by atoms with Crippen LogP contribution in [0, 0.1) is 0 Å². The number of benzene rings is 1. The van der Waals surface area contributed by atoms with Crippen LogP contribution in [0.1, 0.15) is 30.9 Å². The first-order valence-electron chi connectivity index (χ1n) is 5.17. The van der Waals surface area contributed by atoms with Crippen LogP contribution in [-0.2, 0) is 6.54 Å². The van der Waals surface area contributed by atoms with Crippen LogP contribution in [0.3, 0.4) is 0 Å². The Morgan fingerprint density at radius 3 is 2.73 bits per heavy atom. The molecule has 0 spiro atoms. The van der Waals surface area contributed by atoms with Crippen molar-refractivity contribution in [3.8, 4) is 5.75 Å². The Morgan fingerprint density at radius 2 is 2.13 bits per heavy atom. The van der Waals surface area contributed by atoms with Gasteiger partial charge in [0, 0.05) is 23.6 Å². The Bertz CT molecular complexity index is 486. The van der Waals surface area contributed by atoms with Gasteiger partial charge in [0.05, 0.1) is 0 Å². The zero-order chi connectivity index (χ0) is 11.0. The minimum Gasteiger partial charge on any atom is -0.507 e. The lowest BCUT2D eigenvalue weighted by molar-refractivity contribution is 0.471. The zero-order valence-corrected chi connectivity index (χ0v) is 9.04. The van der Waals surface area contributed by atoms with E-state index in [1.807, 2.05) is 18.3 Å². The fourth-order valence-electron chi connectivity index (χ4n) is 1.92. The third kappa shape index (κ3) is 1.49. The summed E-state index contributed by atoms with van der Waals surface area (Å²) < 4.78 is 0. The Morgan fingerprint density at radius 1 is 1.40 bits per heavy atom. The number of phenols is 1. The van der Waals surface area contributed by atoms with Gasteiger partial charge in [-0.05, 0) is 23.1 Å². The Kier molecular flexibility index (Phi) is 2.40. The van der Waals surface area contributed by atoms with E-state index in [0.717, 1.165) is 22.0 Å². The van der Waals surface area contributed by atoms with Crippen molar-refractivity contribution in [2.75, 3.05) is 0 Å². The second-order valence-corrected chi connectivity index (χ2v) is 4.10. The van der Waals surface area contributed by atoms with Crippen LogP contribution in [0.4, 0.5) is 0 Å². The van der Waals surface area contributed by atoms with Crippen molar-refractivity contribution in [2.24, 2.45) is 5.73 Å². The highest BCUT2D eigenvalue weighted by Crippen LogP contribution is 2.34. The summed E-state index contributed by atoms with van der Waals surface area (Å²) in [7, 11) is 0. The first-order valence-corrected chi connectivity index (χ1v) is 5.17. The number of aromatic amines is 1. The quantitative estimate of drug-likeness (QED) is 0.703. The maximum Gasteiger partial charge on any atom is 0.128 e. The molecule has 1 aromatic carbocycles. The molecule has 0 aliphatic carbocycles. The van der Waals surface area contributed by atoms with Crippen molar-refractivity contribution in [1.82, 2.24) is 4.98 Å². The fraction of sp³-hybridized carbons (Fsp3) is 0.333. The normalized spacial score (nSPS) is 11.5. The van der Waals surface area contributed by atoms with Crippen molar-refractivity contribution >= 4 is 10.9 Å². The van der Waals surface area contributed by atoms with Gasteiger partial charge in [-0.1, -0.05) is 19.9 Å². The molecule has 80 valence electrons. The average Bonchev–Trinajstić information content (AvgIpc) is 2.61. The van der Waals surface area contributed by atoms with E-state index in [1.165, 1.54) is 0 Å². The molecule has 0 saturated carbocycles. The SMILES string of the molecule is CC(C)c1ccc2[nH]cc(CN)c2c1O. The van der Waals surface area contributed by atoms with Crippen molar-refractivity contribution in [3.63, 3.8) is 0 Å². The second-order valence-electron chi connectivity index (χ2n) is 4.10. The summed E-state index contributed by atoms with van der Waals surface area (Å²) in [4.78, 5) is 3.11. The molecule has 3 heteroatoms. The highest BCUT2D eigenvalue weighted by atomic mass is 16.3. The van der Waals surface area contributed by atoms with Crippen LogP contribution in [0.25, 0.3) is 10.9 Å². The zero-order valence-electron chi connectivity index (χ0n) is 9.04. The molecule has 3 nitrogen and oxygen atoms in total. The minimum absolute atomic E-state index is 0.315. The van der Waals surface area contributed by atoms with E-state index in [2.05, 4.69) is 18.8 Å². The van der Waals surface area contributed by atoms with Crippen molar-refractivity contribution < 1.29 is 5.11 Å². The number of rotatable bonds is 2. The van der Waals surface area contributed by atoms with Gasteiger partial charge in [-0.2, -0.15) is 0 Å².